The first-order valence-electron chi connectivity index (χ1n) is 7.91. The number of aryl methyl sites for hydroxylation is 1. The van der Waals surface area contributed by atoms with Gasteiger partial charge in [0.25, 0.3) is 0 Å². The van der Waals surface area contributed by atoms with E-state index >= 15 is 0 Å². The number of para-hydroxylation sites is 1. The van der Waals surface area contributed by atoms with Gasteiger partial charge in [-0.05, 0) is 56.1 Å². The van der Waals surface area contributed by atoms with Gasteiger partial charge in [0.2, 0.25) is 0 Å². The van der Waals surface area contributed by atoms with E-state index in [0.717, 1.165) is 36.9 Å². The van der Waals surface area contributed by atoms with E-state index in [9.17, 15) is 4.79 Å². The van der Waals surface area contributed by atoms with E-state index in [-0.39, 0.29) is 5.97 Å². The van der Waals surface area contributed by atoms with Gasteiger partial charge in [-0.25, -0.2) is 4.79 Å². The normalized spacial score (nSPS) is 25.7. The van der Waals surface area contributed by atoms with Gasteiger partial charge in [-0.2, -0.15) is 0 Å². The number of esters is 1. The standard InChI is InChI=1S/C18H27NO2/c1-13(2)15-9-11-18(12-10-15,17(20)21-4)19-16-8-6-5-7-14(16)3/h5-8,13,15,19H,9-12H2,1-4H3. The van der Waals surface area contributed by atoms with E-state index in [1.165, 1.54) is 7.11 Å². The Labute approximate surface area is 128 Å². The summed E-state index contributed by atoms with van der Waals surface area (Å²) >= 11 is 0. The second kappa shape index (κ2) is 6.50. The van der Waals surface area contributed by atoms with Crippen LogP contribution in [-0.4, -0.2) is 18.6 Å². The Hall–Kier alpha value is -1.51. The number of rotatable bonds is 4. The summed E-state index contributed by atoms with van der Waals surface area (Å²) in [6, 6.07) is 8.11. The molecule has 0 spiro atoms. The monoisotopic (exact) mass is 289 g/mol. The molecule has 0 aliphatic heterocycles. The number of hydrogen-bond donors (Lipinski definition) is 1. The molecule has 1 aromatic rings. The molecule has 1 aliphatic carbocycles. The number of carbonyl (C=O) groups is 1. The average molecular weight is 289 g/mol. The maximum Gasteiger partial charge on any atom is 0.331 e. The highest BCUT2D eigenvalue weighted by atomic mass is 16.5. The Morgan fingerprint density at radius 1 is 1.29 bits per heavy atom. The van der Waals surface area contributed by atoms with Crippen LogP contribution in [0.25, 0.3) is 0 Å². The van der Waals surface area contributed by atoms with Crippen LogP contribution in [-0.2, 0) is 9.53 Å². The zero-order chi connectivity index (χ0) is 15.5. The minimum atomic E-state index is -0.563. The lowest BCUT2D eigenvalue weighted by Gasteiger charge is -2.40. The molecule has 0 amide bonds. The molecule has 3 nitrogen and oxygen atoms in total. The van der Waals surface area contributed by atoms with E-state index in [1.807, 2.05) is 18.2 Å². The smallest absolute Gasteiger partial charge is 0.331 e. The first-order chi connectivity index (χ1) is 9.98. The predicted octanol–water partition coefficient (Wildman–Crippen LogP) is 4.16. The molecule has 1 aliphatic rings. The lowest BCUT2D eigenvalue weighted by molar-refractivity contribution is -0.147. The quantitative estimate of drug-likeness (QED) is 0.846. The predicted molar refractivity (Wildman–Crippen MR) is 86.3 cm³/mol. The zero-order valence-corrected chi connectivity index (χ0v) is 13.6. The summed E-state index contributed by atoms with van der Waals surface area (Å²) in [5.74, 6) is 1.26. The van der Waals surface area contributed by atoms with Crippen LogP contribution in [0.4, 0.5) is 5.69 Å². The number of carbonyl (C=O) groups excluding carboxylic acids is 1. The summed E-state index contributed by atoms with van der Waals surface area (Å²) in [6.07, 6.45) is 3.84. The SMILES string of the molecule is COC(=O)C1(Nc2ccccc2C)CCC(C(C)C)CC1. The Morgan fingerprint density at radius 2 is 1.90 bits per heavy atom. The minimum absolute atomic E-state index is 0.132. The molecule has 0 bridgehead atoms. The van der Waals surface area contributed by atoms with Crippen LogP contribution in [0.2, 0.25) is 0 Å². The summed E-state index contributed by atoms with van der Waals surface area (Å²) in [4.78, 5) is 12.4. The number of methoxy groups -OCH3 is 1. The highest BCUT2D eigenvalue weighted by Gasteiger charge is 2.43. The van der Waals surface area contributed by atoms with E-state index in [0.29, 0.717) is 11.8 Å². The van der Waals surface area contributed by atoms with Gasteiger partial charge in [-0.3, -0.25) is 0 Å². The van der Waals surface area contributed by atoms with Gasteiger partial charge in [-0.1, -0.05) is 32.0 Å². The fourth-order valence-electron chi connectivity index (χ4n) is 3.35. The zero-order valence-electron chi connectivity index (χ0n) is 13.6. The number of benzene rings is 1. The molecule has 2 rings (SSSR count). The number of anilines is 1. The number of ether oxygens (including phenoxy) is 1. The number of nitrogens with one attached hydrogen (secondary N) is 1. The molecule has 0 aromatic heterocycles. The third-order valence-corrected chi connectivity index (χ3v) is 4.92. The molecule has 1 N–H and O–H groups in total. The Morgan fingerprint density at radius 3 is 2.43 bits per heavy atom. The molecule has 21 heavy (non-hydrogen) atoms. The van der Waals surface area contributed by atoms with Gasteiger partial charge >= 0.3 is 5.97 Å². The molecule has 0 radical (unpaired) electrons. The van der Waals surface area contributed by atoms with Crippen LogP contribution in [0, 0.1) is 18.8 Å². The third-order valence-electron chi connectivity index (χ3n) is 4.92. The second-order valence-corrected chi connectivity index (χ2v) is 6.60. The van der Waals surface area contributed by atoms with Gasteiger partial charge in [0.15, 0.2) is 0 Å². The van der Waals surface area contributed by atoms with E-state index in [1.54, 1.807) is 0 Å². The first kappa shape index (κ1) is 15.9. The summed E-state index contributed by atoms with van der Waals surface area (Å²) in [5, 5.41) is 3.50. The largest absolute Gasteiger partial charge is 0.467 e. The van der Waals surface area contributed by atoms with Crippen LogP contribution in [0.1, 0.15) is 45.1 Å². The molecule has 0 heterocycles. The molecule has 1 saturated carbocycles. The summed E-state index contributed by atoms with van der Waals surface area (Å²) in [6.45, 7) is 6.60. The fourth-order valence-corrected chi connectivity index (χ4v) is 3.35. The molecule has 1 aromatic carbocycles. The van der Waals surface area contributed by atoms with Crippen LogP contribution in [0.5, 0.6) is 0 Å². The third kappa shape index (κ3) is 3.39. The Kier molecular flexibility index (Phi) is 4.92. The highest BCUT2D eigenvalue weighted by molar-refractivity contribution is 5.85. The van der Waals surface area contributed by atoms with Crippen molar-refractivity contribution in [2.45, 2.75) is 52.0 Å². The highest BCUT2D eigenvalue weighted by Crippen LogP contribution is 2.39. The van der Waals surface area contributed by atoms with Crippen LogP contribution in [0.15, 0.2) is 24.3 Å². The van der Waals surface area contributed by atoms with Crippen LogP contribution in [0.3, 0.4) is 0 Å². The lowest BCUT2D eigenvalue weighted by atomic mass is 9.72. The molecule has 1 fully saturated rings. The fraction of sp³-hybridized carbons (Fsp3) is 0.611. The van der Waals surface area contributed by atoms with Crippen molar-refractivity contribution < 1.29 is 9.53 Å². The molecule has 0 unspecified atom stereocenters. The molecular formula is C18H27NO2. The van der Waals surface area contributed by atoms with E-state index in [2.05, 4.69) is 32.2 Å². The maximum atomic E-state index is 12.4. The molecule has 0 saturated heterocycles. The minimum Gasteiger partial charge on any atom is -0.467 e. The van der Waals surface area contributed by atoms with Crippen molar-refractivity contribution in [3.05, 3.63) is 29.8 Å². The van der Waals surface area contributed by atoms with Crippen molar-refractivity contribution in [2.24, 2.45) is 11.8 Å². The van der Waals surface area contributed by atoms with Crippen molar-refractivity contribution in [3.63, 3.8) is 0 Å². The van der Waals surface area contributed by atoms with Gasteiger partial charge in [0.05, 0.1) is 7.11 Å². The molecular weight excluding hydrogens is 262 g/mol. The average Bonchev–Trinajstić information content (AvgIpc) is 2.49. The van der Waals surface area contributed by atoms with E-state index in [4.69, 9.17) is 4.74 Å². The molecule has 3 heteroatoms. The van der Waals surface area contributed by atoms with Gasteiger partial charge in [-0.15, -0.1) is 0 Å². The van der Waals surface area contributed by atoms with Crippen molar-refractivity contribution in [3.8, 4) is 0 Å². The summed E-state index contributed by atoms with van der Waals surface area (Å²) < 4.78 is 5.10. The lowest BCUT2D eigenvalue weighted by Crippen LogP contribution is -2.50. The van der Waals surface area contributed by atoms with Crippen LogP contribution < -0.4 is 5.32 Å². The second-order valence-electron chi connectivity index (χ2n) is 6.60. The summed E-state index contributed by atoms with van der Waals surface area (Å²) in [7, 11) is 1.48. The molecule has 0 atom stereocenters. The van der Waals surface area contributed by atoms with Crippen molar-refractivity contribution in [1.82, 2.24) is 0 Å². The maximum absolute atomic E-state index is 12.4. The van der Waals surface area contributed by atoms with Gasteiger partial charge in [0.1, 0.15) is 5.54 Å². The van der Waals surface area contributed by atoms with Crippen molar-refractivity contribution in [2.75, 3.05) is 12.4 Å². The van der Waals surface area contributed by atoms with Gasteiger partial charge < -0.3 is 10.1 Å². The Balaban J connectivity index is 2.20. The van der Waals surface area contributed by atoms with E-state index < -0.39 is 5.54 Å². The Bertz CT molecular complexity index is 488. The van der Waals surface area contributed by atoms with Crippen molar-refractivity contribution in [1.29, 1.82) is 0 Å². The summed E-state index contributed by atoms with van der Waals surface area (Å²) in [5.41, 5.74) is 1.63. The van der Waals surface area contributed by atoms with Crippen LogP contribution >= 0.6 is 0 Å². The number of hydrogen-bond acceptors (Lipinski definition) is 3. The van der Waals surface area contributed by atoms with Gasteiger partial charge in [0, 0.05) is 5.69 Å². The molecule has 116 valence electrons. The van der Waals surface area contributed by atoms with Crippen molar-refractivity contribution >= 4 is 11.7 Å². The first-order valence-corrected chi connectivity index (χ1v) is 7.91. The topological polar surface area (TPSA) is 38.3 Å².